The monoisotopic (exact) mass is 343 g/mol. The van der Waals surface area contributed by atoms with Crippen LogP contribution >= 0.6 is 35.5 Å². The molecule has 1 aromatic heterocycles. The van der Waals surface area contributed by atoms with E-state index in [1.54, 1.807) is 11.3 Å². The summed E-state index contributed by atoms with van der Waals surface area (Å²) in [6.45, 7) is 1.92. The first-order chi connectivity index (χ1) is 9.74. The molecule has 0 spiro atoms. The fourth-order valence-electron chi connectivity index (χ4n) is 2.31. The van der Waals surface area contributed by atoms with E-state index in [-0.39, 0.29) is 18.3 Å². The lowest BCUT2D eigenvalue weighted by Crippen LogP contribution is -2.39. The van der Waals surface area contributed by atoms with Gasteiger partial charge in [0.15, 0.2) is 4.34 Å². The van der Waals surface area contributed by atoms with Crippen molar-refractivity contribution in [3.05, 3.63) is 24.3 Å². The molecule has 1 fully saturated rings. The molecule has 0 radical (unpaired) electrons. The fourth-order valence-corrected chi connectivity index (χ4v) is 4.30. The van der Waals surface area contributed by atoms with Crippen molar-refractivity contribution in [2.45, 2.75) is 16.8 Å². The van der Waals surface area contributed by atoms with E-state index in [4.69, 9.17) is 0 Å². The van der Waals surface area contributed by atoms with Crippen LogP contribution in [0, 0.1) is 0 Å². The van der Waals surface area contributed by atoms with Gasteiger partial charge in [-0.15, -0.1) is 23.7 Å². The van der Waals surface area contributed by atoms with Gasteiger partial charge in [-0.25, -0.2) is 4.98 Å². The standard InChI is InChI=1S/C14H17N3OS2.ClH/c1-17(10-6-7-15-8-10)13(18)9-19-14-16-11-4-2-3-5-12(11)20-14;/h2-5,10,15H,6-9H2,1H3;1H. The van der Waals surface area contributed by atoms with Gasteiger partial charge >= 0.3 is 0 Å². The number of hydrogen-bond donors (Lipinski definition) is 1. The second-order valence-electron chi connectivity index (χ2n) is 4.89. The number of para-hydroxylation sites is 1. The van der Waals surface area contributed by atoms with Crippen LogP contribution in [0.25, 0.3) is 10.2 Å². The Morgan fingerprint density at radius 1 is 1.52 bits per heavy atom. The zero-order valence-corrected chi connectivity index (χ0v) is 14.2. The first-order valence-electron chi connectivity index (χ1n) is 6.69. The van der Waals surface area contributed by atoms with E-state index in [9.17, 15) is 4.79 Å². The summed E-state index contributed by atoms with van der Waals surface area (Å²) in [6, 6.07) is 8.42. The third-order valence-corrected chi connectivity index (χ3v) is 5.73. The SMILES string of the molecule is CN(C(=O)CSc1nc2ccccc2s1)C1CCNC1.Cl. The van der Waals surface area contributed by atoms with Crippen LogP contribution < -0.4 is 5.32 Å². The highest BCUT2D eigenvalue weighted by Gasteiger charge is 2.23. The van der Waals surface area contributed by atoms with Crippen LogP contribution in [0.3, 0.4) is 0 Å². The topological polar surface area (TPSA) is 45.2 Å². The maximum absolute atomic E-state index is 12.2. The highest BCUT2D eigenvalue weighted by molar-refractivity contribution is 8.01. The number of rotatable bonds is 4. The van der Waals surface area contributed by atoms with Crippen molar-refractivity contribution in [3.8, 4) is 0 Å². The van der Waals surface area contributed by atoms with Gasteiger partial charge in [0.2, 0.25) is 5.91 Å². The molecule has 114 valence electrons. The Morgan fingerprint density at radius 3 is 3.05 bits per heavy atom. The zero-order chi connectivity index (χ0) is 13.9. The third-order valence-electron chi connectivity index (χ3n) is 3.57. The summed E-state index contributed by atoms with van der Waals surface area (Å²) >= 11 is 3.19. The van der Waals surface area contributed by atoms with Crippen LogP contribution in [0.2, 0.25) is 0 Å². The Labute approximate surface area is 138 Å². The third kappa shape index (κ3) is 3.88. The summed E-state index contributed by atoms with van der Waals surface area (Å²) in [5.41, 5.74) is 1.01. The normalized spacial score (nSPS) is 17.7. The van der Waals surface area contributed by atoms with Gasteiger partial charge in [-0.1, -0.05) is 23.9 Å². The lowest BCUT2D eigenvalue weighted by atomic mass is 10.2. The molecule has 0 bridgehead atoms. The maximum atomic E-state index is 12.2. The summed E-state index contributed by atoms with van der Waals surface area (Å²) in [5.74, 6) is 0.648. The van der Waals surface area contributed by atoms with Gasteiger partial charge in [-0.05, 0) is 25.1 Å². The van der Waals surface area contributed by atoms with Gasteiger partial charge in [0.25, 0.3) is 0 Å². The second kappa shape index (κ2) is 7.45. The molecule has 2 heterocycles. The smallest absolute Gasteiger partial charge is 0.233 e. The summed E-state index contributed by atoms with van der Waals surface area (Å²) < 4.78 is 2.15. The molecule has 7 heteroatoms. The number of amides is 1. The summed E-state index contributed by atoms with van der Waals surface area (Å²) in [6.07, 6.45) is 1.05. The van der Waals surface area contributed by atoms with Crippen LogP contribution in [0.5, 0.6) is 0 Å². The minimum atomic E-state index is 0. The molecule has 1 N–H and O–H groups in total. The number of nitrogens with zero attached hydrogens (tertiary/aromatic N) is 2. The lowest BCUT2D eigenvalue weighted by molar-refractivity contribution is -0.128. The Morgan fingerprint density at radius 2 is 2.33 bits per heavy atom. The molecule has 1 atom stereocenters. The number of halogens is 1. The number of benzene rings is 1. The number of nitrogens with one attached hydrogen (secondary N) is 1. The number of hydrogen-bond acceptors (Lipinski definition) is 5. The van der Waals surface area contributed by atoms with Gasteiger partial charge in [-0.2, -0.15) is 0 Å². The number of likely N-dealkylation sites (N-methyl/N-ethyl adjacent to an activating group) is 1. The van der Waals surface area contributed by atoms with Crippen LogP contribution in [-0.4, -0.2) is 47.7 Å². The molecule has 2 aromatic rings. The molecule has 1 unspecified atom stereocenters. The van der Waals surface area contributed by atoms with E-state index in [0.717, 1.165) is 29.4 Å². The van der Waals surface area contributed by atoms with Gasteiger partial charge < -0.3 is 10.2 Å². The van der Waals surface area contributed by atoms with Crippen LogP contribution in [0.1, 0.15) is 6.42 Å². The molecule has 1 aliphatic heterocycles. The van der Waals surface area contributed by atoms with Crippen LogP contribution in [0.15, 0.2) is 28.6 Å². The van der Waals surface area contributed by atoms with Crippen LogP contribution in [-0.2, 0) is 4.79 Å². The van der Waals surface area contributed by atoms with Crippen molar-refractivity contribution in [1.29, 1.82) is 0 Å². The Bertz CT molecular complexity index is 580. The number of carbonyl (C=O) groups is 1. The van der Waals surface area contributed by atoms with Crippen molar-refractivity contribution < 1.29 is 4.79 Å². The summed E-state index contributed by atoms with van der Waals surface area (Å²) in [4.78, 5) is 18.6. The lowest BCUT2D eigenvalue weighted by Gasteiger charge is -2.23. The molecule has 1 amide bonds. The summed E-state index contributed by atoms with van der Waals surface area (Å²) in [7, 11) is 1.90. The van der Waals surface area contributed by atoms with E-state index < -0.39 is 0 Å². The van der Waals surface area contributed by atoms with Gasteiger partial charge in [-0.3, -0.25) is 4.79 Å². The van der Waals surface area contributed by atoms with Crippen molar-refractivity contribution in [3.63, 3.8) is 0 Å². The quantitative estimate of drug-likeness (QED) is 0.867. The van der Waals surface area contributed by atoms with Crippen LogP contribution in [0.4, 0.5) is 0 Å². The number of aromatic nitrogens is 1. The Kier molecular flexibility index (Phi) is 5.87. The molecule has 4 nitrogen and oxygen atoms in total. The number of thioether (sulfide) groups is 1. The first kappa shape index (κ1) is 16.5. The first-order valence-corrected chi connectivity index (χ1v) is 8.49. The van der Waals surface area contributed by atoms with Gasteiger partial charge in [0.1, 0.15) is 0 Å². The molecule has 1 aliphatic rings. The van der Waals surface area contributed by atoms with Crippen molar-refractivity contribution >= 4 is 51.6 Å². The molecule has 1 saturated heterocycles. The average molecular weight is 344 g/mol. The minimum Gasteiger partial charge on any atom is -0.341 e. The molecule has 3 rings (SSSR count). The Balaban J connectivity index is 0.00000161. The molecular weight excluding hydrogens is 326 g/mol. The van der Waals surface area contributed by atoms with E-state index in [2.05, 4.69) is 16.4 Å². The molecular formula is C14H18ClN3OS2. The van der Waals surface area contributed by atoms with Crippen molar-refractivity contribution in [1.82, 2.24) is 15.2 Å². The summed E-state index contributed by atoms with van der Waals surface area (Å²) in [5, 5.41) is 3.29. The molecule has 0 saturated carbocycles. The van der Waals surface area contributed by atoms with E-state index >= 15 is 0 Å². The Hall–Kier alpha value is -0.820. The minimum absolute atomic E-state index is 0. The number of thiazole rings is 1. The fraction of sp³-hybridized carbons (Fsp3) is 0.429. The molecule has 1 aromatic carbocycles. The zero-order valence-electron chi connectivity index (χ0n) is 11.7. The number of fused-ring (bicyclic) bond motifs is 1. The predicted molar refractivity (Wildman–Crippen MR) is 91.6 cm³/mol. The average Bonchev–Trinajstić information content (AvgIpc) is 3.12. The van der Waals surface area contributed by atoms with Gasteiger partial charge in [0, 0.05) is 19.6 Å². The van der Waals surface area contributed by atoms with Crippen molar-refractivity contribution in [2.75, 3.05) is 25.9 Å². The maximum Gasteiger partial charge on any atom is 0.233 e. The van der Waals surface area contributed by atoms with Crippen molar-refractivity contribution in [2.24, 2.45) is 0 Å². The second-order valence-corrected chi connectivity index (χ2v) is 7.14. The predicted octanol–water partition coefficient (Wildman–Crippen LogP) is 2.63. The molecule has 0 aliphatic carbocycles. The highest BCUT2D eigenvalue weighted by atomic mass is 35.5. The van der Waals surface area contributed by atoms with E-state index in [1.807, 2.05) is 30.1 Å². The van der Waals surface area contributed by atoms with Gasteiger partial charge in [0.05, 0.1) is 16.0 Å². The van der Waals surface area contributed by atoms with E-state index in [1.165, 1.54) is 16.5 Å². The largest absolute Gasteiger partial charge is 0.341 e. The number of carbonyl (C=O) groups excluding carboxylic acids is 1. The molecule has 21 heavy (non-hydrogen) atoms. The highest BCUT2D eigenvalue weighted by Crippen LogP contribution is 2.29. The van der Waals surface area contributed by atoms with E-state index in [0.29, 0.717) is 11.8 Å².